The molecule has 0 spiro atoms. The van der Waals surface area contributed by atoms with Crippen molar-refractivity contribution in [3.63, 3.8) is 0 Å². The smallest absolute Gasteiger partial charge is 0.224 e. The first-order valence-corrected chi connectivity index (χ1v) is 5.59. The monoisotopic (exact) mass is 260 g/mol. The van der Waals surface area contributed by atoms with E-state index in [1.165, 1.54) is 0 Å². The summed E-state index contributed by atoms with van der Waals surface area (Å²) in [4.78, 5) is 15.2. The summed E-state index contributed by atoms with van der Waals surface area (Å²) in [6.45, 7) is 0. The zero-order chi connectivity index (χ0) is 12.5. The molecule has 90 valence electrons. The SMILES string of the molecule is Nc1nc(Nc2ccc(Cl)cc2)c2nc[nH]c2n1. The predicted octanol–water partition coefficient (Wildman–Crippen LogP) is 2.33. The standard InChI is InChI=1S/C11H9ClN6/c12-6-1-3-7(4-2-6)16-10-8-9(15-5-14-8)17-11(13)18-10/h1-5H,(H4,13,14,15,16,17,18). The summed E-state index contributed by atoms with van der Waals surface area (Å²) in [6.07, 6.45) is 1.55. The first kappa shape index (κ1) is 10.8. The Labute approximate surface area is 107 Å². The van der Waals surface area contributed by atoms with Crippen LogP contribution in [0, 0.1) is 0 Å². The maximum Gasteiger partial charge on any atom is 0.224 e. The molecule has 0 atom stereocenters. The van der Waals surface area contributed by atoms with E-state index in [1.807, 2.05) is 12.1 Å². The summed E-state index contributed by atoms with van der Waals surface area (Å²) in [6, 6.07) is 7.27. The third kappa shape index (κ3) is 1.93. The van der Waals surface area contributed by atoms with Gasteiger partial charge in [-0.2, -0.15) is 9.97 Å². The molecule has 18 heavy (non-hydrogen) atoms. The maximum absolute atomic E-state index is 5.83. The highest BCUT2D eigenvalue weighted by molar-refractivity contribution is 6.30. The van der Waals surface area contributed by atoms with Crippen molar-refractivity contribution < 1.29 is 0 Å². The summed E-state index contributed by atoms with van der Waals surface area (Å²) in [7, 11) is 0. The molecule has 4 N–H and O–H groups in total. The lowest BCUT2D eigenvalue weighted by atomic mass is 10.3. The van der Waals surface area contributed by atoms with E-state index in [9.17, 15) is 0 Å². The van der Waals surface area contributed by atoms with Gasteiger partial charge >= 0.3 is 0 Å². The average molecular weight is 261 g/mol. The molecule has 0 amide bonds. The highest BCUT2D eigenvalue weighted by atomic mass is 35.5. The molecule has 2 aromatic heterocycles. The Morgan fingerprint density at radius 1 is 1.17 bits per heavy atom. The molecular weight excluding hydrogens is 252 g/mol. The number of halogens is 1. The molecule has 0 aliphatic heterocycles. The number of nitrogens with two attached hydrogens (primary N) is 1. The van der Waals surface area contributed by atoms with Gasteiger partial charge in [0.15, 0.2) is 17.0 Å². The molecule has 7 heteroatoms. The van der Waals surface area contributed by atoms with Crippen molar-refractivity contribution in [1.29, 1.82) is 0 Å². The fourth-order valence-corrected chi connectivity index (χ4v) is 1.74. The molecule has 3 aromatic rings. The van der Waals surface area contributed by atoms with Gasteiger partial charge in [0, 0.05) is 10.7 Å². The van der Waals surface area contributed by atoms with Crippen molar-refractivity contribution in [3.05, 3.63) is 35.6 Å². The maximum atomic E-state index is 5.83. The van der Waals surface area contributed by atoms with Crippen molar-refractivity contribution in [1.82, 2.24) is 19.9 Å². The predicted molar refractivity (Wildman–Crippen MR) is 70.8 cm³/mol. The van der Waals surface area contributed by atoms with Crippen LogP contribution in [0.25, 0.3) is 11.2 Å². The number of aromatic amines is 1. The minimum atomic E-state index is 0.184. The normalized spacial score (nSPS) is 10.7. The number of benzene rings is 1. The highest BCUT2D eigenvalue weighted by Gasteiger charge is 2.08. The Bertz CT molecular complexity index is 690. The van der Waals surface area contributed by atoms with E-state index in [0.29, 0.717) is 22.0 Å². The zero-order valence-electron chi connectivity index (χ0n) is 9.18. The van der Waals surface area contributed by atoms with Crippen LogP contribution in [-0.2, 0) is 0 Å². The van der Waals surface area contributed by atoms with Crippen molar-refractivity contribution in [2.24, 2.45) is 0 Å². The second-order valence-electron chi connectivity index (χ2n) is 3.66. The Morgan fingerprint density at radius 3 is 2.72 bits per heavy atom. The Hall–Kier alpha value is -2.34. The minimum absolute atomic E-state index is 0.184. The molecule has 0 saturated heterocycles. The number of hydrogen-bond acceptors (Lipinski definition) is 5. The number of nitrogen functional groups attached to an aromatic ring is 1. The summed E-state index contributed by atoms with van der Waals surface area (Å²) in [5, 5.41) is 3.80. The molecular formula is C11H9ClN6. The Morgan fingerprint density at radius 2 is 1.94 bits per heavy atom. The number of nitrogens with zero attached hydrogens (tertiary/aromatic N) is 3. The fraction of sp³-hybridized carbons (Fsp3) is 0. The van der Waals surface area contributed by atoms with Crippen LogP contribution in [-0.4, -0.2) is 19.9 Å². The summed E-state index contributed by atoms with van der Waals surface area (Å²) in [5.74, 6) is 0.740. The van der Waals surface area contributed by atoms with Crippen molar-refractivity contribution >= 4 is 40.2 Å². The van der Waals surface area contributed by atoms with Gasteiger partial charge in [0.05, 0.1) is 6.33 Å². The van der Waals surface area contributed by atoms with Gasteiger partial charge in [-0.25, -0.2) is 4.98 Å². The number of nitrogens with one attached hydrogen (secondary N) is 2. The molecule has 0 radical (unpaired) electrons. The van der Waals surface area contributed by atoms with Crippen LogP contribution in [0.1, 0.15) is 0 Å². The molecule has 1 aromatic carbocycles. The quantitative estimate of drug-likeness (QED) is 0.658. The van der Waals surface area contributed by atoms with Crippen LogP contribution in [0.2, 0.25) is 5.02 Å². The molecule has 2 heterocycles. The number of fused-ring (bicyclic) bond motifs is 1. The van der Waals surface area contributed by atoms with E-state index in [-0.39, 0.29) is 5.95 Å². The number of hydrogen-bond donors (Lipinski definition) is 3. The van der Waals surface area contributed by atoms with E-state index in [1.54, 1.807) is 18.5 Å². The lowest BCUT2D eigenvalue weighted by molar-refractivity contribution is 1.21. The van der Waals surface area contributed by atoms with Crippen molar-refractivity contribution in [3.8, 4) is 0 Å². The number of rotatable bonds is 2. The van der Waals surface area contributed by atoms with Gasteiger partial charge in [-0.3, -0.25) is 0 Å². The third-order valence-corrected chi connectivity index (χ3v) is 2.66. The average Bonchev–Trinajstić information content (AvgIpc) is 2.80. The van der Waals surface area contributed by atoms with Gasteiger partial charge < -0.3 is 16.0 Å². The topological polar surface area (TPSA) is 92.5 Å². The van der Waals surface area contributed by atoms with E-state index < -0.39 is 0 Å². The van der Waals surface area contributed by atoms with Crippen LogP contribution >= 0.6 is 11.6 Å². The second-order valence-corrected chi connectivity index (χ2v) is 4.10. The number of imidazole rings is 1. The van der Waals surface area contributed by atoms with Gasteiger partial charge in [0.2, 0.25) is 5.95 Å². The first-order chi connectivity index (χ1) is 8.72. The van der Waals surface area contributed by atoms with Gasteiger partial charge in [-0.15, -0.1) is 0 Å². The highest BCUT2D eigenvalue weighted by Crippen LogP contribution is 2.22. The largest absolute Gasteiger partial charge is 0.368 e. The minimum Gasteiger partial charge on any atom is -0.368 e. The van der Waals surface area contributed by atoms with E-state index >= 15 is 0 Å². The van der Waals surface area contributed by atoms with Crippen LogP contribution < -0.4 is 11.1 Å². The second kappa shape index (κ2) is 4.15. The molecule has 0 saturated carbocycles. The molecule has 0 unspecified atom stereocenters. The van der Waals surface area contributed by atoms with Crippen molar-refractivity contribution in [2.75, 3.05) is 11.1 Å². The van der Waals surface area contributed by atoms with Crippen LogP contribution in [0.5, 0.6) is 0 Å². The molecule has 0 fully saturated rings. The lowest BCUT2D eigenvalue weighted by Crippen LogP contribution is -2.01. The summed E-state index contributed by atoms with van der Waals surface area (Å²) in [5.41, 5.74) is 7.71. The fourth-order valence-electron chi connectivity index (χ4n) is 1.61. The molecule has 6 nitrogen and oxygen atoms in total. The van der Waals surface area contributed by atoms with Crippen molar-refractivity contribution in [2.45, 2.75) is 0 Å². The Kier molecular flexibility index (Phi) is 2.49. The number of aromatic nitrogens is 4. The van der Waals surface area contributed by atoms with E-state index in [0.717, 1.165) is 5.69 Å². The molecule has 0 bridgehead atoms. The van der Waals surface area contributed by atoms with Gasteiger partial charge in [0.25, 0.3) is 0 Å². The number of anilines is 3. The van der Waals surface area contributed by atoms with E-state index in [4.69, 9.17) is 17.3 Å². The van der Waals surface area contributed by atoms with Crippen LogP contribution in [0.4, 0.5) is 17.5 Å². The molecule has 3 rings (SSSR count). The summed E-state index contributed by atoms with van der Waals surface area (Å²) >= 11 is 5.83. The van der Waals surface area contributed by atoms with Gasteiger partial charge in [0.1, 0.15) is 0 Å². The third-order valence-electron chi connectivity index (χ3n) is 2.40. The Balaban J connectivity index is 2.03. The first-order valence-electron chi connectivity index (χ1n) is 5.21. The molecule has 0 aliphatic carbocycles. The zero-order valence-corrected chi connectivity index (χ0v) is 9.94. The van der Waals surface area contributed by atoms with E-state index in [2.05, 4.69) is 25.3 Å². The van der Waals surface area contributed by atoms with Gasteiger partial charge in [-0.05, 0) is 24.3 Å². The molecule has 0 aliphatic rings. The number of H-pyrrole nitrogens is 1. The van der Waals surface area contributed by atoms with Crippen LogP contribution in [0.15, 0.2) is 30.6 Å². The lowest BCUT2D eigenvalue weighted by Gasteiger charge is -2.06. The summed E-state index contributed by atoms with van der Waals surface area (Å²) < 4.78 is 0. The van der Waals surface area contributed by atoms with Crippen LogP contribution in [0.3, 0.4) is 0 Å². The van der Waals surface area contributed by atoms with Gasteiger partial charge in [-0.1, -0.05) is 11.6 Å².